The molecule has 3 rings (SSSR count). The molecule has 0 saturated carbocycles. The second kappa shape index (κ2) is 2.67. The largest absolute Gasteiger partial charge is 0.299 e. The molecular weight excluding hydrogens is 136 g/mol. The van der Waals surface area contributed by atoms with Crippen LogP contribution in [-0.2, 0) is 0 Å². The third-order valence-electron chi connectivity index (χ3n) is 2.77. The average Bonchev–Trinajstić information content (AvgIpc) is 2.07. The van der Waals surface area contributed by atoms with Gasteiger partial charge in [-0.2, -0.15) is 5.26 Å². The quantitative estimate of drug-likeness (QED) is 0.482. The van der Waals surface area contributed by atoms with Crippen molar-refractivity contribution in [3.63, 3.8) is 0 Å². The van der Waals surface area contributed by atoms with Crippen molar-refractivity contribution in [2.24, 2.45) is 5.92 Å². The molecule has 11 heavy (non-hydrogen) atoms. The molecule has 0 atom stereocenters. The minimum absolute atomic E-state index is 0.736. The molecule has 3 saturated heterocycles. The molecule has 0 unspecified atom stereocenters. The second-order valence-electron chi connectivity index (χ2n) is 3.40. The van der Waals surface area contributed by atoms with E-state index < -0.39 is 0 Å². The van der Waals surface area contributed by atoms with Crippen LogP contribution in [0.1, 0.15) is 12.8 Å². The van der Waals surface area contributed by atoms with Gasteiger partial charge in [0.15, 0.2) is 0 Å². The van der Waals surface area contributed by atoms with Crippen molar-refractivity contribution in [2.75, 3.05) is 19.6 Å². The predicted octanol–water partition coefficient (Wildman–Crippen LogP) is 1.16. The van der Waals surface area contributed by atoms with Crippen LogP contribution < -0.4 is 0 Å². The lowest BCUT2D eigenvalue weighted by Gasteiger charge is -2.40. The van der Waals surface area contributed by atoms with Crippen LogP contribution in [0.4, 0.5) is 0 Å². The molecule has 3 aliphatic heterocycles. The van der Waals surface area contributed by atoms with Gasteiger partial charge >= 0.3 is 0 Å². The summed E-state index contributed by atoms with van der Waals surface area (Å²) in [6.45, 7) is 3.54. The summed E-state index contributed by atoms with van der Waals surface area (Å²) in [6, 6.07) is 2.13. The number of rotatable bonds is 0. The lowest BCUT2D eigenvalue weighted by molar-refractivity contribution is 0.162. The zero-order valence-electron chi connectivity index (χ0n) is 6.58. The molecule has 2 nitrogen and oxygen atoms in total. The first kappa shape index (κ1) is 6.87. The van der Waals surface area contributed by atoms with E-state index in [0.717, 1.165) is 12.5 Å². The van der Waals surface area contributed by atoms with Crippen molar-refractivity contribution in [3.05, 3.63) is 11.6 Å². The maximum atomic E-state index is 8.50. The summed E-state index contributed by atoms with van der Waals surface area (Å²) in [7, 11) is 0. The highest BCUT2D eigenvalue weighted by Gasteiger charge is 2.28. The molecule has 0 radical (unpaired) electrons. The molecule has 0 aromatic rings. The molecule has 0 aromatic heterocycles. The molecule has 0 spiro atoms. The molecule has 58 valence electrons. The smallest absolute Gasteiger partial charge is 0.0912 e. The lowest BCUT2D eigenvalue weighted by Crippen LogP contribution is -2.42. The monoisotopic (exact) mass is 148 g/mol. The summed E-state index contributed by atoms with van der Waals surface area (Å²) in [5.41, 5.74) is 1.37. The van der Waals surface area contributed by atoms with E-state index >= 15 is 0 Å². The van der Waals surface area contributed by atoms with Crippen molar-refractivity contribution in [3.8, 4) is 6.07 Å². The number of hydrogen-bond acceptors (Lipinski definition) is 2. The van der Waals surface area contributed by atoms with Gasteiger partial charge in [0, 0.05) is 12.6 Å². The molecule has 3 fully saturated rings. The van der Waals surface area contributed by atoms with Crippen LogP contribution >= 0.6 is 0 Å². The van der Waals surface area contributed by atoms with Gasteiger partial charge in [-0.15, -0.1) is 0 Å². The van der Waals surface area contributed by atoms with Crippen LogP contribution in [0.15, 0.2) is 11.6 Å². The van der Waals surface area contributed by atoms with Gasteiger partial charge in [0.2, 0.25) is 0 Å². The van der Waals surface area contributed by atoms with Gasteiger partial charge in [0.05, 0.1) is 6.07 Å². The summed E-state index contributed by atoms with van der Waals surface area (Å²) < 4.78 is 0. The molecule has 3 heterocycles. The molecule has 2 bridgehead atoms. The van der Waals surface area contributed by atoms with Crippen LogP contribution in [-0.4, -0.2) is 24.5 Å². The Kier molecular flexibility index (Phi) is 1.67. The maximum absolute atomic E-state index is 8.50. The van der Waals surface area contributed by atoms with Gasteiger partial charge in [0.25, 0.3) is 0 Å². The van der Waals surface area contributed by atoms with E-state index in [1.165, 1.54) is 31.5 Å². The fourth-order valence-electron chi connectivity index (χ4n) is 2.10. The minimum atomic E-state index is 0.736. The van der Waals surface area contributed by atoms with Crippen molar-refractivity contribution in [1.29, 1.82) is 5.26 Å². The Bertz CT molecular complexity index is 216. The van der Waals surface area contributed by atoms with Gasteiger partial charge in [-0.25, -0.2) is 0 Å². The molecule has 0 aromatic carbocycles. The average molecular weight is 148 g/mol. The standard InChI is InChI=1S/C9H12N2/c10-4-1-9-7-11-5-2-8(9)3-6-11/h1,8H,2-3,5-7H2. The first-order valence-electron chi connectivity index (χ1n) is 4.21. The molecular formula is C9H12N2. The Hall–Kier alpha value is -0.810. The third-order valence-corrected chi connectivity index (χ3v) is 2.77. The van der Waals surface area contributed by atoms with Gasteiger partial charge in [0.1, 0.15) is 0 Å². The van der Waals surface area contributed by atoms with Crippen molar-refractivity contribution < 1.29 is 0 Å². The summed E-state index contributed by atoms with van der Waals surface area (Å²) in [4.78, 5) is 2.43. The fourth-order valence-corrected chi connectivity index (χ4v) is 2.10. The van der Waals surface area contributed by atoms with Crippen LogP contribution in [0.3, 0.4) is 0 Å². The molecule has 0 N–H and O–H groups in total. The van der Waals surface area contributed by atoms with Crippen LogP contribution in [0.25, 0.3) is 0 Å². The second-order valence-corrected chi connectivity index (χ2v) is 3.40. The number of hydrogen-bond donors (Lipinski definition) is 0. The number of nitrogens with zero attached hydrogens (tertiary/aromatic N) is 2. The summed E-state index contributed by atoms with van der Waals surface area (Å²) in [5, 5.41) is 8.50. The lowest BCUT2D eigenvalue weighted by atomic mass is 9.84. The first-order valence-corrected chi connectivity index (χ1v) is 4.21. The van der Waals surface area contributed by atoms with Crippen LogP contribution in [0.2, 0.25) is 0 Å². The summed E-state index contributed by atoms with van der Waals surface area (Å²) in [6.07, 6.45) is 4.29. The van der Waals surface area contributed by atoms with E-state index in [-0.39, 0.29) is 0 Å². The highest BCUT2D eigenvalue weighted by molar-refractivity contribution is 5.21. The van der Waals surface area contributed by atoms with Gasteiger partial charge in [-0.05, 0) is 37.4 Å². The summed E-state index contributed by atoms with van der Waals surface area (Å²) in [5.74, 6) is 0.736. The van der Waals surface area contributed by atoms with Crippen LogP contribution in [0.5, 0.6) is 0 Å². The van der Waals surface area contributed by atoms with Gasteiger partial charge in [-0.1, -0.05) is 0 Å². The predicted molar refractivity (Wildman–Crippen MR) is 42.9 cm³/mol. The molecule has 0 amide bonds. The number of piperidine rings is 3. The van der Waals surface area contributed by atoms with E-state index in [2.05, 4.69) is 11.0 Å². The fraction of sp³-hybridized carbons (Fsp3) is 0.667. The zero-order valence-corrected chi connectivity index (χ0v) is 6.58. The molecule has 2 heteroatoms. The Balaban J connectivity index is 2.16. The van der Waals surface area contributed by atoms with Crippen LogP contribution in [0, 0.1) is 17.2 Å². The number of fused-ring (bicyclic) bond motifs is 3. The number of allylic oxidation sites excluding steroid dienone is 1. The van der Waals surface area contributed by atoms with E-state index in [0.29, 0.717) is 0 Å². The van der Waals surface area contributed by atoms with E-state index in [4.69, 9.17) is 5.26 Å². The number of nitriles is 1. The van der Waals surface area contributed by atoms with E-state index in [1.807, 2.05) is 0 Å². The third kappa shape index (κ3) is 1.17. The highest BCUT2D eigenvalue weighted by atomic mass is 15.1. The highest BCUT2D eigenvalue weighted by Crippen LogP contribution is 2.31. The van der Waals surface area contributed by atoms with E-state index in [9.17, 15) is 0 Å². The zero-order chi connectivity index (χ0) is 7.68. The topological polar surface area (TPSA) is 27.0 Å². The van der Waals surface area contributed by atoms with Gasteiger partial charge in [-0.3, -0.25) is 4.90 Å². The van der Waals surface area contributed by atoms with Gasteiger partial charge < -0.3 is 0 Å². The van der Waals surface area contributed by atoms with Crippen molar-refractivity contribution >= 4 is 0 Å². The maximum Gasteiger partial charge on any atom is 0.0912 e. The summed E-state index contributed by atoms with van der Waals surface area (Å²) >= 11 is 0. The van der Waals surface area contributed by atoms with E-state index in [1.54, 1.807) is 6.08 Å². The SMILES string of the molecule is N#CC=C1CN2CCC1CC2. The first-order chi connectivity index (χ1) is 5.40. The Morgan fingerprint density at radius 1 is 1.45 bits per heavy atom. The normalized spacial score (nSPS) is 39.0. The Morgan fingerprint density at radius 2 is 2.18 bits per heavy atom. The van der Waals surface area contributed by atoms with Crippen molar-refractivity contribution in [1.82, 2.24) is 4.90 Å². The molecule has 3 aliphatic rings. The Morgan fingerprint density at radius 3 is 2.64 bits per heavy atom. The van der Waals surface area contributed by atoms with Crippen molar-refractivity contribution in [2.45, 2.75) is 12.8 Å². The molecule has 0 aliphatic carbocycles. The minimum Gasteiger partial charge on any atom is -0.299 e. The Labute approximate surface area is 67.1 Å².